The normalized spacial score (nSPS) is 23.6. The molecule has 0 saturated heterocycles. The molecule has 0 radical (unpaired) electrons. The van der Waals surface area contributed by atoms with Gasteiger partial charge in [-0.05, 0) is 26.0 Å². The quantitative estimate of drug-likeness (QED) is 0.548. The zero-order chi connectivity index (χ0) is 10.6. The molecule has 0 aromatic heterocycles. The van der Waals surface area contributed by atoms with E-state index in [1.165, 1.54) is 6.08 Å². The van der Waals surface area contributed by atoms with Gasteiger partial charge >= 0.3 is 11.9 Å². The molecule has 0 saturated carbocycles. The van der Waals surface area contributed by atoms with Crippen molar-refractivity contribution in [3.63, 3.8) is 0 Å². The van der Waals surface area contributed by atoms with Gasteiger partial charge < -0.3 is 9.47 Å². The first-order valence-corrected chi connectivity index (χ1v) is 4.34. The molecule has 2 aliphatic heterocycles. The molecule has 4 heteroatoms. The lowest BCUT2D eigenvalue weighted by Gasteiger charge is -1.95. The van der Waals surface area contributed by atoms with Crippen molar-refractivity contribution in [1.82, 2.24) is 0 Å². The monoisotopic (exact) mass is 196 g/mol. The van der Waals surface area contributed by atoms with Gasteiger partial charge in [-0.3, -0.25) is 4.79 Å². The third-order valence-corrected chi connectivity index (χ3v) is 1.64. The Balaban J connectivity index is 0.000000140. The maximum atomic E-state index is 10.2. The van der Waals surface area contributed by atoms with Crippen LogP contribution in [0, 0.1) is 0 Å². The molecule has 14 heavy (non-hydrogen) atoms. The summed E-state index contributed by atoms with van der Waals surface area (Å²) in [5.41, 5.74) is 0. The molecule has 0 unspecified atom stereocenters. The summed E-state index contributed by atoms with van der Waals surface area (Å²) in [6.07, 6.45) is 5.37. The summed E-state index contributed by atoms with van der Waals surface area (Å²) >= 11 is 0. The van der Waals surface area contributed by atoms with E-state index >= 15 is 0 Å². The first-order valence-electron chi connectivity index (χ1n) is 4.34. The highest BCUT2D eigenvalue weighted by molar-refractivity contribution is 5.84. The van der Waals surface area contributed by atoms with Crippen LogP contribution in [-0.4, -0.2) is 18.0 Å². The minimum Gasteiger partial charge on any atom is -0.455 e. The molecule has 0 amide bonds. The SMILES string of the molecule is CC1=CCC(=O)O1.C[C@@H]1C=CC(=O)O1. The second-order valence-corrected chi connectivity index (χ2v) is 2.99. The molecule has 2 heterocycles. The van der Waals surface area contributed by atoms with E-state index in [1.807, 2.05) is 6.92 Å². The van der Waals surface area contributed by atoms with E-state index in [2.05, 4.69) is 9.47 Å². The second kappa shape index (κ2) is 4.60. The molecule has 0 aromatic rings. The van der Waals surface area contributed by atoms with E-state index in [9.17, 15) is 9.59 Å². The molecule has 4 nitrogen and oxygen atoms in total. The summed E-state index contributed by atoms with van der Waals surface area (Å²) < 4.78 is 9.19. The van der Waals surface area contributed by atoms with E-state index in [4.69, 9.17) is 0 Å². The number of hydrogen-bond donors (Lipinski definition) is 0. The molecule has 0 N–H and O–H groups in total. The fraction of sp³-hybridized carbons (Fsp3) is 0.400. The van der Waals surface area contributed by atoms with Crippen LogP contribution in [0.1, 0.15) is 20.3 Å². The third-order valence-electron chi connectivity index (χ3n) is 1.64. The van der Waals surface area contributed by atoms with E-state index in [1.54, 1.807) is 19.1 Å². The van der Waals surface area contributed by atoms with Crippen molar-refractivity contribution in [3.8, 4) is 0 Å². The van der Waals surface area contributed by atoms with Crippen LogP contribution >= 0.6 is 0 Å². The van der Waals surface area contributed by atoms with Gasteiger partial charge in [-0.15, -0.1) is 0 Å². The van der Waals surface area contributed by atoms with Crippen molar-refractivity contribution in [1.29, 1.82) is 0 Å². The van der Waals surface area contributed by atoms with Crippen LogP contribution in [0.15, 0.2) is 24.0 Å². The van der Waals surface area contributed by atoms with Gasteiger partial charge in [-0.25, -0.2) is 4.79 Å². The summed E-state index contributed by atoms with van der Waals surface area (Å²) in [5.74, 6) is 0.356. The Morgan fingerprint density at radius 2 is 2.14 bits per heavy atom. The standard InChI is InChI=1S/2C5H6O2/c2*1-4-2-3-5(6)7-4/h2H,3H2,1H3;2-4H,1H3/t;4-/m.1/s1. The van der Waals surface area contributed by atoms with E-state index < -0.39 is 0 Å². The zero-order valence-electron chi connectivity index (χ0n) is 8.15. The molecular weight excluding hydrogens is 184 g/mol. The Morgan fingerprint density at radius 1 is 1.43 bits per heavy atom. The largest absolute Gasteiger partial charge is 0.455 e. The molecule has 2 rings (SSSR count). The summed E-state index contributed by atoms with van der Waals surface area (Å²) in [7, 11) is 0. The van der Waals surface area contributed by atoms with Crippen LogP contribution < -0.4 is 0 Å². The highest BCUT2D eigenvalue weighted by atomic mass is 16.5. The molecule has 0 fully saturated rings. The van der Waals surface area contributed by atoms with Gasteiger partial charge in [-0.2, -0.15) is 0 Å². The maximum absolute atomic E-state index is 10.2. The van der Waals surface area contributed by atoms with Gasteiger partial charge in [-0.1, -0.05) is 0 Å². The number of ether oxygens (including phenoxy) is 2. The van der Waals surface area contributed by atoms with Crippen LogP contribution in [0.4, 0.5) is 0 Å². The van der Waals surface area contributed by atoms with Crippen molar-refractivity contribution in [2.75, 3.05) is 0 Å². The Bertz CT molecular complexity index is 301. The first kappa shape index (κ1) is 10.5. The molecule has 0 bridgehead atoms. The number of hydrogen-bond acceptors (Lipinski definition) is 4. The van der Waals surface area contributed by atoms with Gasteiger partial charge in [0.2, 0.25) is 0 Å². The predicted octanol–water partition coefficient (Wildman–Crippen LogP) is 1.32. The van der Waals surface area contributed by atoms with Crippen LogP contribution in [0.2, 0.25) is 0 Å². The third kappa shape index (κ3) is 3.43. The summed E-state index contributed by atoms with van der Waals surface area (Å²) in [5, 5.41) is 0. The average Bonchev–Trinajstić information content (AvgIpc) is 2.63. The molecular formula is C10H12O4. The Kier molecular flexibility index (Phi) is 3.45. The number of rotatable bonds is 0. The lowest BCUT2D eigenvalue weighted by Crippen LogP contribution is -2.00. The molecule has 0 aliphatic carbocycles. The van der Waals surface area contributed by atoms with E-state index in [0.29, 0.717) is 6.42 Å². The van der Waals surface area contributed by atoms with Gasteiger partial charge in [0.05, 0.1) is 6.42 Å². The molecule has 76 valence electrons. The van der Waals surface area contributed by atoms with Crippen molar-refractivity contribution in [2.45, 2.75) is 26.4 Å². The second-order valence-electron chi connectivity index (χ2n) is 2.99. The average molecular weight is 196 g/mol. The topological polar surface area (TPSA) is 52.6 Å². The first-order chi connectivity index (χ1) is 6.58. The maximum Gasteiger partial charge on any atom is 0.331 e. The number of carbonyl (C=O) groups is 2. The molecule has 0 spiro atoms. The van der Waals surface area contributed by atoms with Crippen LogP contribution in [0.5, 0.6) is 0 Å². The molecule has 0 aromatic carbocycles. The Morgan fingerprint density at radius 3 is 2.29 bits per heavy atom. The number of allylic oxidation sites excluding steroid dienone is 1. The van der Waals surface area contributed by atoms with Crippen molar-refractivity contribution in [2.24, 2.45) is 0 Å². The highest BCUT2D eigenvalue weighted by Crippen LogP contribution is 2.07. The number of carbonyl (C=O) groups excluding carboxylic acids is 2. The number of cyclic esters (lactones) is 2. The lowest BCUT2D eigenvalue weighted by atomic mass is 10.4. The Labute approximate surface area is 82.2 Å². The van der Waals surface area contributed by atoms with Gasteiger partial charge in [0, 0.05) is 6.08 Å². The smallest absolute Gasteiger partial charge is 0.331 e. The van der Waals surface area contributed by atoms with Gasteiger partial charge in [0.25, 0.3) is 0 Å². The van der Waals surface area contributed by atoms with Crippen LogP contribution in [0.25, 0.3) is 0 Å². The minimum absolute atomic E-state index is 0.00694. The predicted molar refractivity (Wildman–Crippen MR) is 49.2 cm³/mol. The van der Waals surface area contributed by atoms with Crippen molar-refractivity contribution < 1.29 is 19.1 Å². The number of esters is 2. The summed E-state index contributed by atoms with van der Waals surface area (Å²) in [6, 6.07) is 0. The van der Waals surface area contributed by atoms with E-state index in [0.717, 1.165) is 5.76 Å². The van der Waals surface area contributed by atoms with Gasteiger partial charge in [0.1, 0.15) is 11.9 Å². The fourth-order valence-electron chi connectivity index (χ4n) is 0.966. The van der Waals surface area contributed by atoms with Gasteiger partial charge in [0.15, 0.2) is 0 Å². The minimum atomic E-state index is -0.229. The molecule has 1 atom stereocenters. The van der Waals surface area contributed by atoms with Crippen LogP contribution in [-0.2, 0) is 19.1 Å². The van der Waals surface area contributed by atoms with Crippen molar-refractivity contribution >= 4 is 11.9 Å². The van der Waals surface area contributed by atoms with E-state index in [-0.39, 0.29) is 18.0 Å². The highest BCUT2D eigenvalue weighted by Gasteiger charge is 2.09. The summed E-state index contributed by atoms with van der Waals surface area (Å²) in [4.78, 5) is 20.3. The summed E-state index contributed by atoms with van der Waals surface area (Å²) in [6.45, 7) is 3.59. The molecule has 2 aliphatic rings. The van der Waals surface area contributed by atoms with Crippen LogP contribution in [0.3, 0.4) is 0 Å². The lowest BCUT2D eigenvalue weighted by molar-refractivity contribution is -0.138. The fourth-order valence-corrected chi connectivity index (χ4v) is 0.966. The zero-order valence-corrected chi connectivity index (χ0v) is 8.15. The Hall–Kier alpha value is -1.58. The van der Waals surface area contributed by atoms with Crippen molar-refractivity contribution in [3.05, 3.63) is 24.0 Å².